The van der Waals surface area contributed by atoms with E-state index in [0.29, 0.717) is 17.3 Å². The van der Waals surface area contributed by atoms with Gasteiger partial charge in [0.2, 0.25) is 5.91 Å². The third-order valence-electron chi connectivity index (χ3n) is 4.84. The molecule has 1 aromatic heterocycles. The number of carbonyl (C=O) groups is 1. The molecule has 7 nitrogen and oxygen atoms in total. The molecule has 1 fully saturated rings. The molecule has 2 heterocycles. The van der Waals surface area contributed by atoms with E-state index in [1.807, 2.05) is 12.1 Å². The lowest BCUT2D eigenvalue weighted by Crippen LogP contribution is -2.33. The van der Waals surface area contributed by atoms with Crippen molar-refractivity contribution in [3.63, 3.8) is 0 Å². The molecule has 7 heteroatoms. The molecule has 27 heavy (non-hydrogen) atoms. The summed E-state index contributed by atoms with van der Waals surface area (Å²) >= 11 is 0. The zero-order chi connectivity index (χ0) is 19.2. The second-order valence-electron chi connectivity index (χ2n) is 6.85. The van der Waals surface area contributed by atoms with Crippen LogP contribution in [0.15, 0.2) is 30.6 Å². The number of ether oxygens (including phenoxy) is 2. The van der Waals surface area contributed by atoms with Gasteiger partial charge in [-0.15, -0.1) is 0 Å². The van der Waals surface area contributed by atoms with E-state index in [1.165, 1.54) is 6.33 Å². The van der Waals surface area contributed by atoms with Gasteiger partial charge in [-0.3, -0.25) is 4.79 Å². The van der Waals surface area contributed by atoms with E-state index >= 15 is 0 Å². The third kappa shape index (κ3) is 4.87. The first-order valence-corrected chi connectivity index (χ1v) is 9.16. The first-order valence-electron chi connectivity index (χ1n) is 9.16. The molecule has 0 spiro atoms. The number of methoxy groups -OCH3 is 2. The first kappa shape index (κ1) is 18.9. The summed E-state index contributed by atoms with van der Waals surface area (Å²) in [6, 6.07) is 7.28. The monoisotopic (exact) mass is 370 g/mol. The summed E-state index contributed by atoms with van der Waals surface area (Å²) in [5.41, 5.74) is 0.837. The van der Waals surface area contributed by atoms with Gasteiger partial charge in [-0.05, 0) is 36.5 Å². The number of carbonyl (C=O) groups excluding carboxylic acids is 1. The summed E-state index contributed by atoms with van der Waals surface area (Å²) in [4.78, 5) is 23.2. The summed E-state index contributed by atoms with van der Waals surface area (Å²) in [6.07, 6.45) is 4.04. The number of hydrogen-bond donors (Lipinski definition) is 1. The number of benzene rings is 1. The maximum absolute atomic E-state index is 12.4. The SMILES string of the molecule is COc1ccc(CC(=O)Nc2cc(N3CCC(C)CC3)ncn2)cc1OC. The van der Waals surface area contributed by atoms with Crippen molar-refractivity contribution in [2.75, 3.05) is 37.5 Å². The number of nitrogens with zero attached hydrogens (tertiary/aromatic N) is 3. The Bertz CT molecular complexity index is 789. The van der Waals surface area contributed by atoms with Crippen LogP contribution < -0.4 is 19.7 Å². The van der Waals surface area contributed by atoms with E-state index in [-0.39, 0.29) is 12.3 Å². The van der Waals surface area contributed by atoms with Crippen molar-refractivity contribution < 1.29 is 14.3 Å². The van der Waals surface area contributed by atoms with E-state index in [1.54, 1.807) is 26.4 Å². The number of aromatic nitrogens is 2. The summed E-state index contributed by atoms with van der Waals surface area (Å²) < 4.78 is 10.5. The molecule has 0 radical (unpaired) electrons. The number of anilines is 2. The molecule has 0 unspecified atom stereocenters. The van der Waals surface area contributed by atoms with Crippen molar-refractivity contribution in [3.8, 4) is 11.5 Å². The van der Waals surface area contributed by atoms with Crippen LogP contribution >= 0.6 is 0 Å². The highest BCUT2D eigenvalue weighted by atomic mass is 16.5. The molecule has 1 aromatic carbocycles. The lowest BCUT2D eigenvalue weighted by Gasteiger charge is -2.31. The molecule has 1 saturated heterocycles. The van der Waals surface area contributed by atoms with Gasteiger partial charge in [0.15, 0.2) is 11.5 Å². The lowest BCUT2D eigenvalue weighted by molar-refractivity contribution is -0.115. The standard InChI is InChI=1S/C20H26N4O3/c1-14-6-8-24(9-7-14)19-12-18(21-13-22-19)23-20(25)11-15-4-5-16(26-2)17(10-15)27-3/h4-5,10,12-14H,6-9,11H2,1-3H3,(H,21,22,23,25). The normalized spacial score (nSPS) is 14.7. The molecular weight excluding hydrogens is 344 g/mol. The zero-order valence-corrected chi connectivity index (χ0v) is 16.1. The molecule has 0 saturated carbocycles. The first-order chi connectivity index (χ1) is 13.1. The molecular formula is C20H26N4O3. The van der Waals surface area contributed by atoms with Gasteiger partial charge >= 0.3 is 0 Å². The van der Waals surface area contributed by atoms with Crippen molar-refractivity contribution in [1.82, 2.24) is 9.97 Å². The molecule has 0 bridgehead atoms. The quantitative estimate of drug-likeness (QED) is 0.843. The van der Waals surface area contributed by atoms with Gasteiger partial charge in [0.1, 0.15) is 18.0 Å². The predicted octanol–water partition coefficient (Wildman–Crippen LogP) is 2.91. The fraction of sp³-hybridized carbons (Fsp3) is 0.450. The van der Waals surface area contributed by atoms with E-state index in [0.717, 1.165) is 43.2 Å². The maximum Gasteiger partial charge on any atom is 0.229 e. The van der Waals surface area contributed by atoms with Crippen LogP contribution in [0.2, 0.25) is 0 Å². The van der Waals surface area contributed by atoms with Crippen LogP contribution in [0.5, 0.6) is 11.5 Å². The fourth-order valence-corrected chi connectivity index (χ4v) is 3.19. The summed E-state index contributed by atoms with van der Waals surface area (Å²) in [7, 11) is 3.16. The van der Waals surface area contributed by atoms with Gasteiger partial charge in [0.05, 0.1) is 20.6 Å². The molecule has 1 aliphatic heterocycles. The van der Waals surface area contributed by atoms with Crippen LogP contribution in [0, 0.1) is 5.92 Å². The zero-order valence-electron chi connectivity index (χ0n) is 16.1. The molecule has 3 rings (SSSR count). The Morgan fingerprint density at radius 3 is 2.59 bits per heavy atom. The number of amides is 1. The van der Waals surface area contributed by atoms with E-state index in [9.17, 15) is 4.79 Å². The van der Waals surface area contributed by atoms with Crippen molar-refractivity contribution in [2.45, 2.75) is 26.2 Å². The highest BCUT2D eigenvalue weighted by Crippen LogP contribution is 2.28. The Labute approximate surface area is 159 Å². The smallest absolute Gasteiger partial charge is 0.229 e. The Kier molecular flexibility index (Phi) is 6.11. The van der Waals surface area contributed by atoms with Gasteiger partial charge in [-0.25, -0.2) is 9.97 Å². The van der Waals surface area contributed by atoms with E-state index < -0.39 is 0 Å². The Morgan fingerprint density at radius 1 is 1.15 bits per heavy atom. The molecule has 2 aromatic rings. The summed E-state index contributed by atoms with van der Waals surface area (Å²) in [5.74, 6) is 3.23. The highest BCUT2D eigenvalue weighted by molar-refractivity contribution is 5.91. The minimum absolute atomic E-state index is 0.140. The van der Waals surface area contributed by atoms with Crippen LogP contribution in [-0.4, -0.2) is 43.2 Å². The molecule has 1 amide bonds. The average Bonchev–Trinajstić information content (AvgIpc) is 2.68. The van der Waals surface area contributed by atoms with E-state index in [2.05, 4.69) is 27.1 Å². The van der Waals surface area contributed by atoms with Gasteiger partial charge in [0, 0.05) is 19.2 Å². The largest absolute Gasteiger partial charge is 0.493 e. The minimum Gasteiger partial charge on any atom is -0.493 e. The Balaban J connectivity index is 1.63. The van der Waals surface area contributed by atoms with E-state index in [4.69, 9.17) is 9.47 Å². The minimum atomic E-state index is -0.140. The summed E-state index contributed by atoms with van der Waals surface area (Å²) in [5, 5.41) is 2.86. The fourth-order valence-electron chi connectivity index (χ4n) is 3.19. The number of hydrogen-bond acceptors (Lipinski definition) is 6. The topological polar surface area (TPSA) is 76.6 Å². The maximum atomic E-state index is 12.4. The number of piperidine rings is 1. The second-order valence-corrected chi connectivity index (χ2v) is 6.85. The number of nitrogens with one attached hydrogen (secondary N) is 1. The molecule has 0 aliphatic carbocycles. The van der Waals surface area contributed by atoms with Crippen LogP contribution in [-0.2, 0) is 11.2 Å². The van der Waals surface area contributed by atoms with Gasteiger partial charge in [0.25, 0.3) is 0 Å². The van der Waals surface area contributed by atoms with Crippen molar-refractivity contribution >= 4 is 17.5 Å². The predicted molar refractivity (Wildman–Crippen MR) is 105 cm³/mol. The van der Waals surface area contributed by atoms with Gasteiger partial charge < -0.3 is 19.7 Å². The Hall–Kier alpha value is -2.83. The summed E-state index contributed by atoms with van der Waals surface area (Å²) in [6.45, 7) is 4.24. The van der Waals surface area contributed by atoms with Crippen molar-refractivity contribution in [2.24, 2.45) is 5.92 Å². The van der Waals surface area contributed by atoms with Crippen molar-refractivity contribution in [3.05, 3.63) is 36.2 Å². The number of rotatable bonds is 6. The van der Waals surface area contributed by atoms with Gasteiger partial charge in [-0.2, -0.15) is 0 Å². The van der Waals surface area contributed by atoms with Crippen molar-refractivity contribution in [1.29, 1.82) is 0 Å². The average molecular weight is 370 g/mol. The molecule has 1 aliphatic rings. The second kappa shape index (κ2) is 8.70. The Morgan fingerprint density at radius 2 is 1.89 bits per heavy atom. The van der Waals surface area contributed by atoms with Crippen LogP contribution in [0.3, 0.4) is 0 Å². The molecule has 0 atom stereocenters. The highest BCUT2D eigenvalue weighted by Gasteiger charge is 2.17. The van der Waals surface area contributed by atoms with Crippen LogP contribution in [0.1, 0.15) is 25.3 Å². The van der Waals surface area contributed by atoms with Crippen LogP contribution in [0.25, 0.3) is 0 Å². The van der Waals surface area contributed by atoms with Crippen LogP contribution in [0.4, 0.5) is 11.6 Å². The third-order valence-corrected chi connectivity index (χ3v) is 4.84. The lowest BCUT2D eigenvalue weighted by atomic mass is 9.99. The van der Waals surface area contributed by atoms with Gasteiger partial charge in [-0.1, -0.05) is 13.0 Å². The molecule has 144 valence electrons. The molecule has 1 N–H and O–H groups in total.